The minimum absolute atomic E-state index is 0.0412. The fourth-order valence-corrected chi connectivity index (χ4v) is 3.48. The van der Waals surface area contributed by atoms with Gasteiger partial charge in [-0.2, -0.15) is 0 Å². The van der Waals surface area contributed by atoms with Gasteiger partial charge in [0.15, 0.2) is 0 Å². The van der Waals surface area contributed by atoms with Gasteiger partial charge in [0.2, 0.25) is 5.91 Å². The van der Waals surface area contributed by atoms with E-state index in [1.54, 1.807) is 12.1 Å². The van der Waals surface area contributed by atoms with E-state index >= 15 is 0 Å². The first-order valence-corrected chi connectivity index (χ1v) is 10.5. The van der Waals surface area contributed by atoms with Crippen LogP contribution in [0.25, 0.3) is 0 Å². The molecular formula is C21H33N3O6. The van der Waals surface area contributed by atoms with Gasteiger partial charge in [-0.3, -0.25) is 4.79 Å². The van der Waals surface area contributed by atoms with Crippen molar-refractivity contribution in [1.29, 1.82) is 0 Å². The zero-order valence-electron chi connectivity index (χ0n) is 17.7. The van der Waals surface area contributed by atoms with Gasteiger partial charge >= 0.3 is 0 Å². The Kier molecular flexibility index (Phi) is 9.82. The molecule has 3 atom stereocenters. The van der Waals surface area contributed by atoms with Gasteiger partial charge in [0.1, 0.15) is 24.6 Å². The molecular weight excluding hydrogens is 390 g/mol. The van der Waals surface area contributed by atoms with Crippen LogP contribution in [-0.2, 0) is 16.1 Å². The molecule has 0 heterocycles. The number of aliphatic hydroxyl groups is 1. The molecule has 1 fully saturated rings. The summed E-state index contributed by atoms with van der Waals surface area (Å²) in [5.41, 5.74) is 0.837. The van der Waals surface area contributed by atoms with Crippen molar-refractivity contribution in [2.45, 2.75) is 64.2 Å². The molecule has 0 radical (unpaired) electrons. The molecule has 1 unspecified atom stereocenters. The van der Waals surface area contributed by atoms with Gasteiger partial charge in [-0.15, -0.1) is 10.1 Å². The fraction of sp³-hybridized carbons (Fsp3) is 0.667. The molecule has 0 aromatic heterocycles. The number of nitrogens with zero attached hydrogens (tertiary/aromatic N) is 1. The topological polar surface area (TPSA) is 123 Å². The Hall–Kier alpha value is -2.39. The lowest BCUT2D eigenvalue weighted by molar-refractivity contribution is -0.771. The zero-order chi connectivity index (χ0) is 21.9. The highest BCUT2D eigenvalue weighted by Gasteiger charge is 2.28. The first-order valence-electron chi connectivity index (χ1n) is 10.5. The summed E-state index contributed by atoms with van der Waals surface area (Å²) in [6, 6.07) is 7.47. The maximum Gasteiger partial charge on any atom is 0.294 e. The summed E-state index contributed by atoms with van der Waals surface area (Å²) in [7, 11) is 0. The highest BCUT2D eigenvalue weighted by Crippen LogP contribution is 2.26. The van der Waals surface area contributed by atoms with Crippen molar-refractivity contribution < 1.29 is 24.6 Å². The highest BCUT2D eigenvalue weighted by molar-refractivity contribution is 5.78. The van der Waals surface area contributed by atoms with E-state index in [0.717, 1.165) is 24.8 Å². The average molecular weight is 424 g/mol. The van der Waals surface area contributed by atoms with Crippen molar-refractivity contribution in [2.24, 2.45) is 5.92 Å². The SMILES string of the molecule is CC(C)NCC(O)COc1ccc(CC(=O)NC[C@@H]2CCCC[C@H]2O[N+](=O)[O-])cc1. The second kappa shape index (κ2) is 12.3. The summed E-state index contributed by atoms with van der Waals surface area (Å²) < 4.78 is 5.57. The molecule has 168 valence electrons. The summed E-state index contributed by atoms with van der Waals surface area (Å²) in [5.74, 6) is 0.453. The van der Waals surface area contributed by atoms with E-state index in [0.29, 0.717) is 31.3 Å². The maximum atomic E-state index is 12.3. The fourth-order valence-electron chi connectivity index (χ4n) is 3.48. The molecule has 30 heavy (non-hydrogen) atoms. The Labute approximate surface area is 177 Å². The monoisotopic (exact) mass is 423 g/mol. The van der Waals surface area contributed by atoms with Crippen molar-refractivity contribution in [3.05, 3.63) is 39.9 Å². The lowest BCUT2D eigenvalue weighted by atomic mass is 9.86. The van der Waals surface area contributed by atoms with Crippen molar-refractivity contribution in [3.8, 4) is 5.75 Å². The number of nitrogens with one attached hydrogen (secondary N) is 2. The second-order valence-electron chi connectivity index (χ2n) is 8.06. The van der Waals surface area contributed by atoms with Crippen LogP contribution in [0.3, 0.4) is 0 Å². The highest BCUT2D eigenvalue weighted by atomic mass is 17.0. The number of rotatable bonds is 12. The van der Waals surface area contributed by atoms with E-state index < -0.39 is 17.3 Å². The van der Waals surface area contributed by atoms with E-state index in [1.165, 1.54) is 0 Å². The predicted molar refractivity (Wildman–Crippen MR) is 112 cm³/mol. The molecule has 1 amide bonds. The molecule has 1 aromatic rings. The standard InChI is InChI=1S/C21H33N3O6/c1-15(2)22-13-18(25)14-29-19-9-7-16(8-10-19)11-21(26)23-12-17-5-3-4-6-20(17)30-24(27)28/h7-10,15,17-18,20,22,25H,3-6,11-14H2,1-2H3,(H,23,26)/t17-,18?,20+/m0/s1. The van der Waals surface area contributed by atoms with E-state index in [4.69, 9.17) is 9.57 Å². The third-order valence-corrected chi connectivity index (χ3v) is 5.11. The van der Waals surface area contributed by atoms with E-state index in [-0.39, 0.29) is 24.9 Å². The van der Waals surface area contributed by atoms with Gasteiger partial charge in [-0.25, -0.2) is 0 Å². The largest absolute Gasteiger partial charge is 0.491 e. The molecule has 2 rings (SSSR count). The molecule has 3 N–H and O–H groups in total. The lowest BCUT2D eigenvalue weighted by Crippen LogP contribution is -2.39. The number of aliphatic hydroxyl groups excluding tert-OH is 1. The van der Waals surface area contributed by atoms with Crippen molar-refractivity contribution in [1.82, 2.24) is 10.6 Å². The molecule has 9 heteroatoms. The predicted octanol–water partition coefficient (Wildman–Crippen LogP) is 1.85. The van der Waals surface area contributed by atoms with Crippen LogP contribution < -0.4 is 15.4 Å². The number of carbonyl (C=O) groups is 1. The minimum atomic E-state index is -0.742. The van der Waals surface area contributed by atoms with Gasteiger partial charge in [0, 0.05) is 25.0 Å². The number of amides is 1. The third kappa shape index (κ3) is 8.96. The van der Waals surface area contributed by atoms with Gasteiger partial charge in [-0.05, 0) is 30.5 Å². The molecule has 1 aliphatic carbocycles. The van der Waals surface area contributed by atoms with E-state index in [1.807, 2.05) is 26.0 Å². The summed E-state index contributed by atoms with van der Waals surface area (Å²) >= 11 is 0. The molecule has 1 aliphatic rings. The zero-order valence-corrected chi connectivity index (χ0v) is 17.7. The van der Waals surface area contributed by atoms with Crippen LogP contribution >= 0.6 is 0 Å². The summed E-state index contributed by atoms with van der Waals surface area (Å²) in [6.45, 7) is 5.05. The van der Waals surface area contributed by atoms with Crippen LogP contribution in [0.15, 0.2) is 24.3 Å². The number of hydrogen-bond acceptors (Lipinski definition) is 7. The number of carbonyl (C=O) groups excluding carboxylic acids is 1. The Morgan fingerprint density at radius 1 is 1.27 bits per heavy atom. The quantitative estimate of drug-likeness (QED) is 0.346. The second-order valence-corrected chi connectivity index (χ2v) is 8.06. The Morgan fingerprint density at radius 3 is 2.63 bits per heavy atom. The first-order chi connectivity index (χ1) is 14.3. The lowest BCUT2D eigenvalue weighted by Gasteiger charge is -2.29. The smallest absolute Gasteiger partial charge is 0.294 e. The third-order valence-electron chi connectivity index (χ3n) is 5.11. The van der Waals surface area contributed by atoms with Crippen molar-refractivity contribution in [2.75, 3.05) is 19.7 Å². The number of ether oxygens (including phenoxy) is 1. The number of benzene rings is 1. The van der Waals surface area contributed by atoms with Crippen LogP contribution in [0.4, 0.5) is 0 Å². The van der Waals surface area contributed by atoms with Crippen molar-refractivity contribution >= 4 is 5.91 Å². The summed E-state index contributed by atoms with van der Waals surface area (Å²) in [4.78, 5) is 27.7. The molecule has 0 aliphatic heterocycles. The summed E-state index contributed by atoms with van der Waals surface area (Å²) in [6.07, 6.45) is 2.52. The van der Waals surface area contributed by atoms with Crippen LogP contribution in [0.5, 0.6) is 5.75 Å². The first kappa shape index (κ1) is 23.9. The molecule has 0 bridgehead atoms. The Morgan fingerprint density at radius 2 is 1.97 bits per heavy atom. The Balaban J connectivity index is 1.72. The van der Waals surface area contributed by atoms with Crippen LogP contribution in [0.1, 0.15) is 45.1 Å². The maximum absolute atomic E-state index is 12.3. The van der Waals surface area contributed by atoms with Gasteiger partial charge in [-0.1, -0.05) is 38.8 Å². The number of hydrogen-bond donors (Lipinski definition) is 3. The van der Waals surface area contributed by atoms with E-state index in [9.17, 15) is 20.0 Å². The molecule has 0 spiro atoms. The van der Waals surface area contributed by atoms with Crippen LogP contribution in [-0.4, -0.2) is 54.0 Å². The van der Waals surface area contributed by atoms with Gasteiger partial charge in [0.05, 0.1) is 6.42 Å². The minimum Gasteiger partial charge on any atom is -0.491 e. The van der Waals surface area contributed by atoms with Gasteiger partial charge in [0.25, 0.3) is 5.09 Å². The summed E-state index contributed by atoms with van der Waals surface area (Å²) in [5, 5.41) is 25.8. The average Bonchev–Trinajstić information content (AvgIpc) is 2.70. The molecule has 9 nitrogen and oxygen atoms in total. The van der Waals surface area contributed by atoms with Crippen molar-refractivity contribution in [3.63, 3.8) is 0 Å². The van der Waals surface area contributed by atoms with Crippen LogP contribution in [0, 0.1) is 16.0 Å². The van der Waals surface area contributed by atoms with E-state index in [2.05, 4.69) is 10.6 Å². The Bertz CT molecular complexity index is 667. The molecule has 0 saturated heterocycles. The molecule has 1 aromatic carbocycles. The molecule has 1 saturated carbocycles. The normalized spacial score (nSPS) is 19.9. The van der Waals surface area contributed by atoms with Crippen LogP contribution in [0.2, 0.25) is 0 Å². The van der Waals surface area contributed by atoms with Gasteiger partial charge < -0.3 is 25.3 Å².